The van der Waals surface area contributed by atoms with Crippen molar-refractivity contribution in [2.24, 2.45) is 5.73 Å². The van der Waals surface area contributed by atoms with E-state index in [1.807, 2.05) is 24.3 Å². The van der Waals surface area contributed by atoms with E-state index in [2.05, 4.69) is 26.1 Å². The molecule has 5 nitrogen and oxygen atoms in total. The van der Waals surface area contributed by atoms with Crippen molar-refractivity contribution in [3.05, 3.63) is 40.5 Å². The molecule has 1 aromatic heterocycles. The summed E-state index contributed by atoms with van der Waals surface area (Å²) in [6.45, 7) is 0.255. The first-order valence-electron chi connectivity index (χ1n) is 6.66. The Morgan fingerprint density at radius 3 is 2.65 bits per heavy atom. The highest BCUT2D eigenvalue weighted by Gasteiger charge is 2.35. The van der Waals surface area contributed by atoms with Crippen molar-refractivity contribution in [3.8, 4) is 5.75 Å². The predicted molar refractivity (Wildman–Crippen MR) is 77.1 cm³/mol. The average molecular weight is 338 g/mol. The number of halogens is 1. The summed E-state index contributed by atoms with van der Waals surface area (Å²) in [4.78, 5) is 4.36. The van der Waals surface area contributed by atoms with Crippen molar-refractivity contribution in [2.75, 3.05) is 0 Å². The molecule has 0 amide bonds. The highest BCUT2D eigenvalue weighted by Crippen LogP contribution is 2.34. The monoisotopic (exact) mass is 337 g/mol. The molecule has 1 heterocycles. The summed E-state index contributed by atoms with van der Waals surface area (Å²) in [5.41, 5.74) is 5.87. The zero-order chi connectivity index (χ0) is 14.0. The zero-order valence-electron chi connectivity index (χ0n) is 11.0. The molecule has 3 rings (SSSR count). The third kappa shape index (κ3) is 2.86. The summed E-state index contributed by atoms with van der Waals surface area (Å²) < 4.78 is 11.8. The maximum Gasteiger partial charge on any atom is 0.264 e. The lowest BCUT2D eigenvalue weighted by atomic mass is 9.99. The Bertz CT molecular complexity index is 576. The van der Waals surface area contributed by atoms with Crippen LogP contribution >= 0.6 is 15.9 Å². The molecule has 1 aromatic carbocycles. The molecule has 0 aliphatic heterocycles. The minimum absolute atomic E-state index is 0.255. The molecule has 0 atom stereocenters. The molecular formula is C14H16BrN3O2. The van der Waals surface area contributed by atoms with E-state index < -0.39 is 5.54 Å². The summed E-state index contributed by atoms with van der Waals surface area (Å²) >= 11 is 3.38. The van der Waals surface area contributed by atoms with Crippen LogP contribution in [0.1, 0.15) is 37.4 Å². The molecule has 1 aliphatic rings. The summed E-state index contributed by atoms with van der Waals surface area (Å²) in [5.74, 6) is 1.82. The van der Waals surface area contributed by atoms with Crippen LogP contribution in [-0.4, -0.2) is 10.1 Å². The number of nitrogens with zero attached hydrogens (tertiary/aromatic N) is 2. The van der Waals surface area contributed by atoms with Gasteiger partial charge in [-0.1, -0.05) is 33.9 Å². The minimum Gasteiger partial charge on any atom is -0.484 e. The van der Waals surface area contributed by atoms with Crippen LogP contribution in [0, 0.1) is 0 Å². The number of ether oxygens (including phenoxy) is 1. The highest BCUT2D eigenvalue weighted by atomic mass is 79.9. The molecule has 2 N–H and O–H groups in total. The summed E-state index contributed by atoms with van der Waals surface area (Å²) in [7, 11) is 0. The van der Waals surface area contributed by atoms with Gasteiger partial charge in [0.1, 0.15) is 5.75 Å². The first kappa shape index (κ1) is 13.6. The lowest BCUT2D eigenvalue weighted by Gasteiger charge is -2.17. The molecule has 20 heavy (non-hydrogen) atoms. The SMILES string of the molecule is NC1(c2noc(COc3ccc(Br)cc3)n2)CCCC1. The quantitative estimate of drug-likeness (QED) is 0.927. The maximum atomic E-state index is 6.29. The number of hydrogen-bond donors (Lipinski definition) is 1. The number of rotatable bonds is 4. The molecule has 1 saturated carbocycles. The zero-order valence-corrected chi connectivity index (χ0v) is 12.6. The number of hydrogen-bond acceptors (Lipinski definition) is 5. The minimum atomic E-state index is -0.417. The Morgan fingerprint density at radius 1 is 1.25 bits per heavy atom. The molecular weight excluding hydrogens is 322 g/mol. The average Bonchev–Trinajstić information content (AvgIpc) is 3.08. The smallest absolute Gasteiger partial charge is 0.264 e. The molecule has 0 spiro atoms. The Labute approximate surface area is 125 Å². The van der Waals surface area contributed by atoms with Gasteiger partial charge < -0.3 is 15.0 Å². The second-order valence-corrected chi connectivity index (χ2v) is 6.03. The summed E-state index contributed by atoms with van der Waals surface area (Å²) in [5, 5.41) is 4.00. The Kier molecular flexibility index (Phi) is 3.76. The van der Waals surface area contributed by atoms with Crippen LogP contribution in [0.5, 0.6) is 5.75 Å². The first-order valence-corrected chi connectivity index (χ1v) is 7.45. The van der Waals surface area contributed by atoms with Crippen molar-refractivity contribution in [3.63, 3.8) is 0 Å². The number of benzene rings is 1. The van der Waals surface area contributed by atoms with Crippen LogP contribution in [0.25, 0.3) is 0 Å². The third-order valence-electron chi connectivity index (χ3n) is 3.59. The largest absolute Gasteiger partial charge is 0.484 e. The van der Waals surface area contributed by atoms with E-state index >= 15 is 0 Å². The highest BCUT2D eigenvalue weighted by molar-refractivity contribution is 9.10. The predicted octanol–water partition coefficient (Wildman–Crippen LogP) is 3.14. The molecule has 0 saturated heterocycles. The van der Waals surface area contributed by atoms with Crippen molar-refractivity contribution in [2.45, 2.75) is 37.8 Å². The molecule has 2 aromatic rings. The van der Waals surface area contributed by atoms with Gasteiger partial charge >= 0.3 is 0 Å². The van der Waals surface area contributed by atoms with E-state index in [0.29, 0.717) is 11.7 Å². The molecule has 1 aliphatic carbocycles. The van der Waals surface area contributed by atoms with Crippen LogP contribution in [0.4, 0.5) is 0 Å². The van der Waals surface area contributed by atoms with Gasteiger partial charge in [-0.3, -0.25) is 0 Å². The van der Waals surface area contributed by atoms with Crippen LogP contribution in [-0.2, 0) is 12.1 Å². The number of aromatic nitrogens is 2. The Morgan fingerprint density at radius 2 is 1.95 bits per heavy atom. The summed E-state index contributed by atoms with van der Waals surface area (Å²) in [6, 6.07) is 7.59. The second kappa shape index (κ2) is 5.54. The third-order valence-corrected chi connectivity index (χ3v) is 4.11. The first-order chi connectivity index (χ1) is 9.66. The number of nitrogens with two attached hydrogens (primary N) is 1. The molecule has 0 bridgehead atoms. The second-order valence-electron chi connectivity index (χ2n) is 5.12. The van der Waals surface area contributed by atoms with Gasteiger partial charge in [-0.05, 0) is 37.1 Å². The lowest BCUT2D eigenvalue weighted by Crippen LogP contribution is -2.34. The van der Waals surface area contributed by atoms with Gasteiger partial charge in [0.25, 0.3) is 5.89 Å². The van der Waals surface area contributed by atoms with Crippen LogP contribution < -0.4 is 10.5 Å². The van der Waals surface area contributed by atoms with E-state index in [1.165, 1.54) is 0 Å². The van der Waals surface area contributed by atoms with Gasteiger partial charge in [-0.25, -0.2) is 0 Å². The van der Waals surface area contributed by atoms with Gasteiger partial charge in [0.15, 0.2) is 12.4 Å². The van der Waals surface area contributed by atoms with E-state index in [1.54, 1.807) is 0 Å². The summed E-state index contributed by atoms with van der Waals surface area (Å²) in [6.07, 6.45) is 4.07. The molecule has 106 valence electrons. The molecule has 0 unspecified atom stereocenters. The van der Waals surface area contributed by atoms with Gasteiger partial charge in [0.2, 0.25) is 0 Å². The van der Waals surface area contributed by atoms with Gasteiger partial charge in [0, 0.05) is 4.47 Å². The van der Waals surface area contributed by atoms with Crippen molar-refractivity contribution < 1.29 is 9.26 Å². The van der Waals surface area contributed by atoms with Crippen molar-refractivity contribution in [1.29, 1.82) is 0 Å². The standard InChI is InChI=1S/C14H16BrN3O2/c15-10-3-5-11(6-4-10)19-9-12-17-13(18-20-12)14(16)7-1-2-8-14/h3-6H,1-2,7-9,16H2. The molecule has 1 fully saturated rings. The fraction of sp³-hybridized carbons (Fsp3) is 0.429. The Balaban J connectivity index is 1.64. The van der Waals surface area contributed by atoms with E-state index in [9.17, 15) is 0 Å². The molecule has 0 radical (unpaired) electrons. The normalized spacial score (nSPS) is 17.3. The van der Waals surface area contributed by atoms with Crippen LogP contribution in [0.15, 0.2) is 33.3 Å². The van der Waals surface area contributed by atoms with Crippen LogP contribution in [0.3, 0.4) is 0 Å². The maximum absolute atomic E-state index is 6.29. The fourth-order valence-electron chi connectivity index (χ4n) is 2.42. The molecule has 6 heteroatoms. The topological polar surface area (TPSA) is 74.2 Å². The van der Waals surface area contributed by atoms with Gasteiger partial charge in [-0.2, -0.15) is 4.98 Å². The van der Waals surface area contributed by atoms with Crippen LogP contribution in [0.2, 0.25) is 0 Å². The fourth-order valence-corrected chi connectivity index (χ4v) is 2.69. The van der Waals surface area contributed by atoms with Crippen molar-refractivity contribution >= 4 is 15.9 Å². The van der Waals surface area contributed by atoms with Crippen molar-refractivity contribution in [1.82, 2.24) is 10.1 Å². The lowest BCUT2D eigenvalue weighted by molar-refractivity contribution is 0.241. The Hall–Kier alpha value is -1.40. The van der Waals surface area contributed by atoms with Gasteiger partial charge in [0.05, 0.1) is 5.54 Å². The van der Waals surface area contributed by atoms with E-state index in [4.69, 9.17) is 15.0 Å². The van der Waals surface area contributed by atoms with E-state index in [-0.39, 0.29) is 6.61 Å². The van der Waals surface area contributed by atoms with Gasteiger partial charge in [-0.15, -0.1) is 0 Å². The van der Waals surface area contributed by atoms with E-state index in [0.717, 1.165) is 35.9 Å².